The third kappa shape index (κ3) is 5.06. The van der Waals surface area contributed by atoms with E-state index >= 15 is 0 Å². The van der Waals surface area contributed by atoms with Crippen molar-refractivity contribution in [2.75, 3.05) is 10.6 Å². The highest BCUT2D eigenvalue weighted by Crippen LogP contribution is 2.38. The predicted octanol–water partition coefficient (Wildman–Crippen LogP) is 2.85. The molecule has 9 nitrogen and oxygen atoms in total. The van der Waals surface area contributed by atoms with Crippen molar-refractivity contribution < 1.29 is 27.5 Å². The second-order valence-electron chi connectivity index (χ2n) is 5.02. The van der Waals surface area contributed by atoms with Crippen LogP contribution in [0, 0.1) is 0 Å². The lowest BCUT2D eigenvalue weighted by Gasteiger charge is -2.17. The molecule has 0 unspecified atom stereocenters. The molecular weight excluding hydrogens is 393 g/mol. The fourth-order valence-corrected chi connectivity index (χ4v) is 2.25. The lowest BCUT2D eigenvalue weighted by Crippen LogP contribution is -2.21. The van der Waals surface area contributed by atoms with Crippen molar-refractivity contribution in [1.29, 1.82) is 0 Å². The topological polar surface area (TPSA) is 111 Å². The molecule has 2 aromatic rings. The number of aromatic nitrogens is 4. The van der Waals surface area contributed by atoms with Crippen LogP contribution in [0.3, 0.4) is 0 Å². The number of halogens is 4. The van der Waals surface area contributed by atoms with Crippen LogP contribution in [-0.2, 0) is 11.3 Å². The fraction of sp³-hybridized carbons (Fsp3) is 0.357. The fourth-order valence-electron chi connectivity index (χ4n) is 1.96. The molecule has 2 rings (SSSR count). The number of alkyl halides is 3. The summed E-state index contributed by atoms with van der Waals surface area (Å²) in [5.41, 5.74) is -0.674. The molecule has 0 radical (unpaired) electrons. The monoisotopic (exact) mass is 406 g/mol. The molecule has 27 heavy (non-hydrogen) atoms. The summed E-state index contributed by atoms with van der Waals surface area (Å²) in [7, 11) is 0. The highest BCUT2D eigenvalue weighted by Gasteiger charge is 2.33. The Hall–Kier alpha value is -2.89. The Morgan fingerprint density at radius 2 is 1.96 bits per heavy atom. The van der Waals surface area contributed by atoms with Crippen molar-refractivity contribution in [3.05, 3.63) is 22.7 Å². The highest BCUT2D eigenvalue weighted by atomic mass is 35.5. The van der Waals surface area contributed by atoms with E-state index < -0.39 is 34.6 Å². The molecule has 0 atom stereocenters. The van der Waals surface area contributed by atoms with Crippen LogP contribution >= 0.6 is 11.6 Å². The van der Waals surface area contributed by atoms with Crippen LogP contribution in [0.15, 0.2) is 12.1 Å². The molecular formula is C14H14ClF3N6O3. The Labute approximate surface area is 155 Å². The van der Waals surface area contributed by atoms with Crippen molar-refractivity contribution in [1.82, 2.24) is 20.2 Å². The van der Waals surface area contributed by atoms with Gasteiger partial charge in [0.05, 0.1) is 10.6 Å². The molecule has 0 saturated carbocycles. The van der Waals surface area contributed by atoms with E-state index in [-0.39, 0.29) is 17.9 Å². The third-order valence-corrected chi connectivity index (χ3v) is 3.61. The number of nitrogens with zero attached hydrogens (tertiary/aromatic N) is 4. The van der Waals surface area contributed by atoms with Gasteiger partial charge in [0.1, 0.15) is 5.69 Å². The van der Waals surface area contributed by atoms with Gasteiger partial charge in [-0.1, -0.05) is 23.6 Å². The van der Waals surface area contributed by atoms with Crippen LogP contribution in [0.25, 0.3) is 0 Å². The summed E-state index contributed by atoms with van der Waals surface area (Å²) in [5.74, 6) is -2.12. The van der Waals surface area contributed by atoms with E-state index in [0.29, 0.717) is 6.54 Å². The number of tetrazole rings is 1. The average Bonchev–Trinajstić information content (AvgIpc) is 3.03. The van der Waals surface area contributed by atoms with Gasteiger partial charge < -0.3 is 10.1 Å². The molecule has 0 aliphatic heterocycles. The summed E-state index contributed by atoms with van der Waals surface area (Å²) in [5, 5.41) is 14.8. The summed E-state index contributed by atoms with van der Waals surface area (Å²) >= 11 is 6.07. The number of ether oxygens (including phenoxy) is 1. The van der Waals surface area contributed by atoms with E-state index in [0.717, 1.165) is 12.1 Å². The quantitative estimate of drug-likeness (QED) is 0.763. The van der Waals surface area contributed by atoms with E-state index in [9.17, 15) is 22.8 Å². The maximum absolute atomic E-state index is 12.6. The van der Waals surface area contributed by atoms with Crippen molar-refractivity contribution in [2.45, 2.75) is 33.2 Å². The molecule has 0 aliphatic rings. The molecule has 1 heterocycles. The SMILES string of the molecule is CCC(=O)Nc1c(OC(F)(F)F)ccc(C(=O)Nc2nnnn2CC)c1Cl. The van der Waals surface area contributed by atoms with Gasteiger partial charge in [0, 0.05) is 13.0 Å². The number of hydrogen-bond donors (Lipinski definition) is 2. The first-order valence-corrected chi connectivity index (χ1v) is 7.99. The number of benzene rings is 1. The number of carbonyl (C=O) groups excluding carboxylic acids is 2. The van der Waals surface area contributed by atoms with Gasteiger partial charge >= 0.3 is 6.36 Å². The zero-order valence-electron chi connectivity index (χ0n) is 14.1. The Bertz CT molecular complexity index is 855. The third-order valence-electron chi connectivity index (χ3n) is 3.22. The molecule has 2 N–H and O–H groups in total. The number of aryl methyl sites for hydroxylation is 1. The van der Waals surface area contributed by atoms with Crippen molar-refractivity contribution in [2.24, 2.45) is 0 Å². The maximum Gasteiger partial charge on any atom is 0.573 e. The van der Waals surface area contributed by atoms with E-state index in [4.69, 9.17) is 11.6 Å². The van der Waals surface area contributed by atoms with Gasteiger partial charge in [-0.2, -0.15) is 0 Å². The number of nitrogens with one attached hydrogen (secondary N) is 2. The van der Waals surface area contributed by atoms with Gasteiger partial charge in [0.2, 0.25) is 11.9 Å². The predicted molar refractivity (Wildman–Crippen MR) is 88.5 cm³/mol. The van der Waals surface area contributed by atoms with Crippen LogP contribution in [0.4, 0.5) is 24.8 Å². The zero-order chi connectivity index (χ0) is 20.2. The lowest BCUT2D eigenvalue weighted by atomic mass is 10.1. The van der Waals surface area contributed by atoms with Gasteiger partial charge in [-0.3, -0.25) is 14.9 Å². The Balaban J connectivity index is 2.40. The van der Waals surface area contributed by atoms with Crippen LogP contribution in [-0.4, -0.2) is 38.4 Å². The van der Waals surface area contributed by atoms with Crippen LogP contribution in [0.2, 0.25) is 5.02 Å². The largest absolute Gasteiger partial charge is 0.573 e. The summed E-state index contributed by atoms with van der Waals surface area (Å²) in [6.45, 7) is 3.60. The van der Waals surface area contributed by atoms with Gasteiger partial charge in [0.15, 0.2) is 5.75 Å². The van der Waals surface area contributed by atoms with E-state index in [2.05, 4.69) is 30.9 Å². The number of carbonyl (C=O) groups is 2. The first-order valence-electron chi connectivity index (χ1n) is 7.61. The molecule has 0 fully saturated rings. The normalized spacial score (nSPS) is 11.2. The van der Waals surface area contributed by atoms with Crippen molar-refractivity contribution >= 4 is 35.1 Å². The minimum Gasteiger partial charge on any atom is -0.404 e. The molecule has 2 amide bonds. The molecule has 0 aliphatic carbocycles. The first kappa shape index (κ1) is 20.4. The highest BCUT2D eigenvalue weighted by molar-refractivity contribution is 6.37. The number of anilines is 2. The van der Waals surface area contributed by atoms with Gasteiger partial charge in [0.25, 0.3) is 5.91 Å². The molecule has 1 aromatic heterocycles. The van der Waals surface area contributed by atoms with Gasteiger partial charge in [-0.05, 0) is 29.5 Å². The number of hydrogen-bond acceptors (Lipinski definition) is 6. The van der Waals surface area contributed by atoms with Crippen molar-refractivity contribution in [3.8, 4) is 5.75 Å². The van der Waals surface area contributed by atoms with Crippen LogP contribution < -0.4 is 15.4 Å². The molecule has 0 spiro atoms. The summed E-state index contributed by atoms with van der Waals surface area (Å²) in [6.07, 6.45) is -5.04. The molecule has 146 valence electrons. The minimum atomic E-state index is -5.01. The Morgan fingerprint density at radius 3 is 2.56 bits per heavy atom. The first-order chi connectivity index (χ1) is 12.7. The van der Waals surface area contributed by atoms with Crippen LogP contribution in [0.5, 0.6) is 5.75 Å². The van der Waals surface area contributed by atoms with Crippen LogP contribution in [0.1, 0.15) is 30.6 Å². The lowest BCUT2D eigenvalue weighted by molar-refractivity contribution is -0.274. The molecule has 0 bridgehead atoms. The van der Waals surface area contributed by atoms with E-state index in [1.54, 1.807) is 6.92 Å². The molecule has 13 heteroatoms. The van der Waals surface area contributed by atoms with E-state index in [1.165, 1.54) is 11.6 Å². The second kappa shape index (κ2) is 8.20. The maximum atomic E-state index is 12.6. The number of amides is 2. The second-order valence-corrected chi connectivity index (χ2v) is 5.40. The summed E-state index contributed by atoms with van der Waals surface area (Å²) in [6, 6.07) is 1.91. The standard InChI is InChI=1S/C14H14ClF3N6O3/c1-3-9(25)19-11-8(27-14(16,17)18)6-5-7(10(11)15)12(26)20-13-21-22-23-24(13)4-2/h5-6H,3-4H2,1-2H3,(H,19,25)(H,20,21,23,26). The smallest absolute Gasteiger partial charge is 0.404 e. The minimum absolute atomic E-state index is 0.0216. The molecule has 1 aromatic carbocycles. The number of rotatable bonds is 6. The summed E-state index contributed by atoms with van der Waals surface area (Å²) < 4.78 is 42.9. The Morgan fingerprint density at radius 1 is 1.26 bits per heavy atom. The average molecular weight is 407 g/mol. The van der Waals surface area contributed by atoms with Gasteiger partial charge in [-0.25, -0.2) is 4.68 Å². The van der Waals surface area contributed by atoms with Crippen molar-refractivity contribution in [3.63, 3.8) is 0 Å². The summed E-state index contributed by atoms with van der Waals surface area (Å²) in [4.78, 5) is 24.1. The molecule has 0 saturated heterocycles. The van der Waals surface area contributed by atoms with E-state index in [1.807, 2.05) is 0 Å². The van der Waals surface area contributed by atoms with Gasteiger partial charge in [-0.15, -0.1) is 13.2 Å². The Kier molecular flexibility index (Phi) is 6.20. The zero-order valence-corrected chi connectivity index (χ0v) is 14.9.